The predicted octanol–water partition coefficient (Wildman–Crippen LogP) is 1.80. The number of hydrogen-bond acceptors (Lipinski definition) is 5. The minimum Gasteiger partial charge on any atom is -0.465 e. The zero-order valence-corrected chi connectivity index (χ0v) is 17.4. The summed E-state index contributed by atoms with van der Waals surface area (Å²) in [6.45, 7) is -0.0635. The maximum atomic E-state index is 14.7. The molecule has 1 aromatic heterocycles. The first kappa shape index (κ1) is 24.7. The van der Waals surface area contributed by atoms with E-state index in [0.29, 0.717) is 22.9 Å². The summed E-state index contributed by atoms with van der Waals surface area (Å²) in [6, 6.07) is 1.82. The first-order valence-electron chi connectivity index (χ1n) is 9.60. The van der Waals surface area contributed by atoms with Gasteiger partial charge in [-0.15, -0.1) is 0 Å². The number of benzene rings is 1. The number of nitrogens with one attached hydrogen (secondary N) is 1. The van der Waals surface area contributed by atoms with Gasteiger partial charge in [-0.2, -0.15) is 13.2 Å². The number of anilines is 1. The van der Waals surface area contributed by atoms with Crippen molar-refractivity contribution in [2.24, 2.45) is 5.73 Å². The van der Waals surface area contributed by atoms with Crippen LogP contribution in [0.4, 0.5) is 28.0 Å². The Kier molecular flexibility index (Phi) is 6.63. The van der Waals surface area contributed by atoms with E-state index in [-0.39, 0.29) is 18.7 Å². The van der Waals surface area contributed by atoms with Gasteiger partial charge in [-0.3, -0.25) is 23.9 Å². The lowest BCUT2D eigenvalue weighted by Crippen LogP contribution is -2.42. The van der Waals surface area contributed by atoms with E-state index in [1.54, 1.807) is 0 Å². The number of likely N-dealkylation sites (tertiary alicyclic amines) is 1. The van der Waals surface area contributed by atoms with E-state index in [4.69, 9.17) is 10.5 Å². The number of aromatic nitrogens is 1. The van der Waals surface area contributed by atoms with Crippen molar-refractivity contribution in [2.75, 3.05) is 19.0 Å². The molecule has 1 saturated heterocycles. The molecule has 4 N–H and O–H groups in total. The van der Waals surface area contributed by atoms with Crippen molar-refractivity contribution in [1.29, 1.82) is 0 Å². The Labute approximate surface area is 188 Å². The first-order chi connectivity index (χ1) is 15.8. The van der Waals surface area contributed by atoms with Gasteiger partial charge in [-0.05, 0) is 18.2 Å². The molecule has 3 rings (SSSR count). The van der Waals surface area contributed by atoms with E-state index >= 15 is 0 Å². The molecule has 1 fully saturated rings. The fourth-order valence-electron chi connectivity index (χ4n) is 3.50. The second kappa shape index (κ2) is 9.13. The lowest BCUT2D eigenvalue weighted by atomic mass is 10.1. The van der Waals surface area contributed by atoms with Crippen molar-refractivity contribution in [2.45, 2.75) is 24.7 Å². The Bertz CT molecular complexity index is 1210. The van der Waals surface area contributed by atoms with Crippen molar-refractivity contribution in [3.8, 4) is 5.69 Å². The number of amides is 3. The van der Waals surface area contributed by atoms with Crippen molar-refractivity contribution < 1.29 is 41.8 Å². The summed E-state index contributed by atoms with van der Waals surface area (Å²) in [5, 5.41) is 11.5. The molecule has 2 heterocycles. The van der Waals surface area contributed by atoms with Crippen molar-refractivity contribution >= 4 is 23.6 Å². The van der Waals surface area contributed by atoms with Gasteiger partial charge < -0.3 is 20.9 Å². The molecule has 1 aliphatic rings. The third-order valence-corrected chi connectivity index (χ3v) is 5.24. The number of rotatable bonds is 5. The minimum atomic E-state index is -4.93. The van der Waals surface area contributed by atoms with Gasteiger partial charge in [0, 0.05) is 25.8 Å². The normalized spacial score (nSPS) is 18.1. The van der Waals surface area contributed by atoms with Crippen LogP contribution < -0.4 is 16.6 Å². The van der Waals surface area contributed by atoms with Crippen LogP contribution in [0.1, 0.15) is 22.3 Å². The zero-order valence-electron chi connectivity index (χ0n) is 17.4. The number of methoxy groups -OCH3 is 1. The Morgan fingerprint density at radius 3 is 2.44 bits per heavy atom. The molecule has 1 aromatic carbocycles. The van der Waals surface area contributed by atoms with Gasteiger partial charge in [0.15, 0.2) is 0 Å². The van der Waals surface area contributed by atoms with Crippen LogP contribution in [0.15, 0.2) is 35.3 Å². The van der Waals surface area contributed by atoms with E-state index in [9.17, 15) is 41.8 Å². The van der Waals surface area contributed by atoms with Gasteiger partial charge in [0.2, 0.25) is 5.91 Å². The van der Waals surface area contributed by atoms with Gasteiger partial charge in [0.05, 0.1) is 29.6 Å². The molecule has 0 saturated carbocycles. The van der Waals surface area contributed by atoms with Crippen LogP contribution in [-0.2, 0) is 15.7 Å². The minimum absolute atomic E-state index is 0.0316. The summed E-state index contributed by atoms with van der Waals surface area (Å²) in [5.74, 6) is -3.37. The summed E-state index contributed by atoms with van der Waals surface area (Å²) in [4.78, 5) is 48.6. The number of nitrogens with two attached hydrogens (primary N) is 1. The van der Waals surface area contributed by atoms with Crippen LogP contribution in [0.5, 0.6) is 0 Å². The Balaban J connectivity index is 1.94. The Morgan fingerprint density at radius 2 is 1.91 bits per heavy atom. The number of hydrogen-bond donors (Lipinski definition) is 3. The van der Waals surface area contributed by atoms with Crippen LogP contribution in [0, 0.1) is 5.82 Å². The second-order valence-electron chi connectivity index (χ2n) is 7.38. The number of pyridine rings is 1. The van der Waals surface area contributed by atoms with E-state index in [1.165, 1.54) is 7.11 Å². The predicted molar refractivity (Wildman–Crippen MR) is 108 cm³/mol. The molecule has 1 aliphatic heterocycles. The fourth-order valence-corrected chi connectivity index (χ4v) is 3.50. The molecule has 14 heteroatoms. The molecule has 3 amide bonds. The molecule has 182 valence electrons. The van der Waals surface area contributed by atoms with E-state index in [2.05, 4.69) is 5.32 Å². The summed E-state index contributed by atoms with van der Waals surface area (Å²) in [7, 11) is 1.35. The molecule has 2 atom stereocenters. The maximum Gasteiger partial charge on any atom is 0.417 e. The molecule has 0 radical (unpaired) electrons. The van der Waals surface area contributed by atoms with E-state index in [0.717, 1.165) is 17.0 Å². The highest BCUT2D eigenvalue weighted by molar-refractivity contribution is 5.97. The van der Waals surface area contributed by atoms with Gasteiger partial charge in [-0.1, -0.05) is 0 Å². The van der Waals surface area contributed by atoms with E-state index < -0.39 is 64.4 Å². The third kappa shape index (κ3) is 4.85. The van der Waals surface area contributed by atoms with Crippen LogP contribution in [0.25, 0.3) is 5.69 Å². The van der Waals surface area contributed by atoms with Crippen molar-refractivity contribution in [3.63, 3.8) is 0 Å². The molecule has 0 aliphatic carbocycles. The third-order valence-electron chi connectivity index (χ3n) is 5.24. The molecule has 10 nitrogen and oxygen atoms in total. The number of carbonyl (C=O) groups excluding carboxylic acids is 2. The number of nitrogens with zero attached hydrogens (tertiary/aromatic N) is 2. The molecular formula is C20H18F4N4O6. The summed E-state index contributed by atoms with van der Waals surface area (Å²) >= 11 is 0. The lowest BCUT2D eigenvalue weighted by molar-refractivity contribution is -0.138. The topological polar surface area (TPSA) is 144 Å². The maximum absolute atomic E-state index is 14.7. The smallest absolute Gasteiger partial charge is 0.417 e. The highest BCUT2D eigenvalue weighted by atomic mass is 19.4. The monoisotopic (exact) mass is 486 g/mol. The summed E-state index contributed by atoms with van der Waals surface area (Å²) in [5.41, 5.74) is 0.706. The number of primary amides is 1. The van der Waals surface area contributed by atoms with Gasteiger partial charge in [0.25, 0.3) is 11.5 Å². The standard InChI is InChI=1S/C20H18F4N4O6/c1-34-11-6-15(28(8-11)19(32)33)17(30)26-14-3-2-10(5-13(14)21)27-7-9(20(22,23)24)4-12(16(25)29)18(27)31/h2-5,7,11,15H,6,8H2,1H3,(H2,25,29)(H,26,30)(H,32,33)/t11-,15-/m1/s1. The number of carbonyl (C=O) groups is 3. The number of halogens is 4. The summed E-state index contributed by atoms with van der Waals surface area (Å²) < 4.78 is 59.8. The molecular weight excluding hydrogens is 468 g/mol. The number of ether oxygens (including phenoxy) is 1. The van der Waals surface area contributed by atoms with Gasteiger partial charge in [0.1, 0.15) is 17.4 Å². The van der Waals surface area contributed by atoms with Crippen molar-refractivity contribution in [3.05, 3.63) is 57.8 Å². The lowest BCUT2D eigenvalue weighted by Gasteiger charge is -2.20. The highest BCUT2D eigenvalue weighted by Gasteiger charge is 2.40. The number of alkyl halides is 3. The van der Waals surface area contributed by atoms with Crippen LogP contribution >= 0.6 is 0 Å². The fraction of sp³-hybridized carbons (Fsp3) is 0.300. The molecule has 0 spiro atoms. The Hall–Kier alpha value is -3.94. The van der Waals surface area contributed by atoms with E-state index in [1.807, 2.05) is 0 Å². The zero-order chi connectivity index (χ0) is 25.4. The van der Waals surface area contributed by atoms with Crippen LogP contribution in [-0.4, -0.2) is 58.3 Å². The van der Waals surface area contributed by atoms with Crippen molar-refractivity contribution in [1.82, 2.24) is 9.47 Å². The summed E-state index contributed by atoms with van der Waals surface area (Å²) in [6.07, 6.45) is -6.42. The molecule has 0 bridgehead atoms. The van der Waals surface area contributed by atoms with Gasteiger partial charge >= 0.3 is 12.3 Å². The number of carboxylic acid groups (broad SMARTS) is 1. The molecule has 2 aromatic rings. The van der Waals surface area contributed by atoms with Gasteiger partial charge in [-0.25, -0.2) is 9.18 Å². The molecule has 34 heavy (non-hydrogen) atoms. The highest BCUT2D eigenvalue weighted by Crippen LogP contribution is 2.30. The average Bonchev–Trinajstić information content (AvgIpc) is 3.19. The first-order valence-corrected chi connectivity index (χ1v) is 9.60. The molecule has 0 unspecified atom stereocenters. The quantitative estimate of drug-likeness (QED) is 0.550. The Morgan fingerprint density at radius 1 is 1.24 bits per heavy atom. The van der Waals surface area contributed by atoms with Crippen LogP contribution in [0.2, 0.25) is 0 Å². The second-order valence-corrected chi connectivity index (χ2v) is 7.38. The largest absolute Gasteiger partial charge is 0.465 e. The average molecular weight is 486 g/mol. The SMILES string of the molecule is CO[C@@H]1C[C@H](C(=O)Nc2ccc(-n3cc(C(F)(F)F)cc(C(N)=O)c3=O)cc2F)N(C(=O)O)C1. The van der Waals surface area contributed by atoms with Crippen LogP contribution in [0.3, 0.4) is 0 Å².